The molecule has 2 aromatic heterocycles. The van der Waals surface area contributed by atoms with Crippen LogP contribution < -0.4 is 26.0 Å². The van der Waals surface area contributed by atoms with Crippen molar-refractivity contribution < 1.29 is 4.74 Å². The van der Waals surface area contributed by atoms with Gasteiger partial charge in [-0.2, -0.15) is 0 Å². The van der Waals surface area contributed by atoms with Gasteiger partial charge in [-0.3, -0.25) is 0 Å². The molecule has 0 saturated carbocycles. The molecule has 0 atom stereocenters. The summed E-state index contributed by atoms with van der Waals surface area (Å²) in [5, 5.41) is 4.08. The maximum absolute atomic E-state index is 5.60. The summed E-state index contributed by atoms with van der Waals surface area (Å²) in [6, 6.07) is 10.2. The third-order valence-electron chi connectivity index (χ3n) is 4.54. The summed E-state index contributed by atoms with van der Waals surface area (Å²) in [6.45, 7) is 4.22. The van der Waals surface area contributed by atoms with Crippen LogP contribution in [0.4, 0.5) is 0 Å². The van der Waals surface area contributed by atoms with E-state index in [0.717, 1.165) is 36.8 Å². The van der Waals surface area contributed by atoms with Gasteiger partial charge in [0.1, 0.15) is 11.4 Å². The number of aromatic nitrogens is 2. The van der Waals surface area contributed by atoms with Crippen molar-refractivity contribution in [2.75, 3.05) is 7.11 Å². The van der Waals surface area contributed by atoms with Gasteiger partial charge in [-0.05, 0) is 76.7 Å². The van der Waals surface area contributed by atoms with Gasteiger partial charge >= 0.3 is 0 Å². The molecule has 1 aliphatic heterocycles. The van der Waals surface area contributed by atoms with Crippen LogP contribution in [0.3, 0.4) is 0 Å². The summed E-state index contributed by atoms with van der Waals surface area (Å²) >= 11 is 4.74. The molecular formula is C20H17I2N3O. The lowest BCUT2D eigenvalue weighted by Crippen LogP contribution is -2.20. The van der Waals surface area contributed by atoms with E-state index in [-0.39, 0.29) is 0 Å². The van der Waals surface area contributed by atoms with Gasteiger partial charge in [0.25, 0.3) is 0 Å². The Bertz CT molecular complexity index is 1270. The van der Waals surface area contributed by atoms with Crippen molar-refractivity contribution in [2.24, 2.45) is 4.99 Å². The van der Waals surface area contributed by atoms with E-state index in [1.165, 1.54) is 20.0 Å². The van der Waals surface area contributed by atoms with Crippen LogP contribution in [-0.2, 0) is 0 Å². The molecule has 0 bridgehead atoms. The summed E-state index contributed by atoms with van der Waals surface area (Å²) < 4.78 is 8.01. The lowest BCUT2D eigenvalue weighted by Gasteiger charge is -1.94. The summed E-state index contributed by atoms with van der Waals surface area (Å²) in [5.74, 6) is 0.810. The monoisotopic (exact) mass is 569 g/mol. The zero-order valence-corrected chi connectivity index (χ0v) is 18.9. The maximum atomic E-state index is 5.60. The topological polar surface area (TPSA) is 53.2 Å². The Kier molecular flexibility index (Phi) is 4.72. The number of H-pyrrole nitrogens is 2. The van der Waals surface area contributed by atoms with Crippen molar-refractivity contribution in [2.45, 2.75) is 13.8 Å². The van der Waals surface area contributed by atoms with Crippen LogP contribution in [-0.4, -0.2) is 17.1 Å². The molecule has 3 heterocycles. The molecule has 0 fully saturated rings. The maximum Gasteiger partial charge on any atom is 0.144 e. The van der Waals surface area contributed by atoms with E-state index < -0.39 is 0 Å². The normalized spacial score (nSPS) is 16.0. The first-order valence-corrected chi connectivity index (χ1v) is 10.3. The molecule has 0 radical (unpaired) electrons. The third-order valence-corrected chi connectivity index (χ3v) is 7.25. The molecular weight excluding hydrogens is 552 g/mol. The van der Waals surface area contributed by atoms with Crippen molar-refractivity contribution in [3.63, 3.8) is 0 Å². The number of ether oxygens (including phenoxy) is 1. The molecule has 0 aliphatic carbocycles. The van der Waals surface area contributed by atoms with E-state index in [0.29, 0.717) is 0 Å². The van der Waals surface area contributed by atoms with Gasteiger partial charge in [-0.25, -0.2) is 4.99 Å². The van der Waals surface area contributed by atoms with Gasteiger partial charge < -0.3 is 14.7 Å². The number of halogens is 2. The lowest BCUT2D eigenvalue weighted by molar-refractivity contribution is 0.412. The van der Waals surface area contributed by atoms with E-state index in [9.17, 15) is 0 Å². The summed E-state index contributed by atoms with van der Waals surface area (Å²) in [5.41, 5.74) is 4.47. The fraction of sp³-hybridized carbons (Fsp3) is 0.150. The Balaban J connectivity index is 1.97. The van der Waals surface area contributed by atoms with E-state index in [2.05, 4.69) is 81.1 Å². The van der Waals surface area contributed by atoms with Crippen LogP contribution in [0.1, 0.15) is 17.0 Å². The molecule has 1 aliphatic rings. The van der Waals surface area contributed by atoms with Crippen molar-refractivity contribution in [3.05, 3.63) is 72.1 Å². The highest BCUT2D eigenvalue weighted by Crippen LogP contribution is 2.22. The van der Waals surface area contributed by atoms with Crippen molar-refractivity contribution >= 4 is 60.5 Å². The van der Waals surface area contributed by atoms with Crippen molar-refractivity contribution in [1.82, 2.24) is 9.97 Å². The molecule has 0 unspecified atom stereocenters. The molecule has 4 nitrogen and oxygen atoms in total. The number of benzene rings is 1. The average Bonchev–Trinajstić information content (AvgIpc) is 3.27. The quantitative estimate of drug-likeness (QED) is 0.458. The number of hydrogen-bond donors (Lipinski definition) is 2. The average molecular weight is 569 g/mol. The molecule has 3 aromatic rings. The predicted molar refractivity (Wildman–Crippen MR) is 121 cm³/mol. The minimum Gasteiger partial charge on any atom is -0.494 e. The first-order chi connectivity index (χ1) is 12.5. The highest BCUT2D eigenvalue weighted by atomic mass is 127. The number of rotatable bonds is 2. The molecule has 2 N–H and O–H groups in total. The molecule has 0 spiro atoms. The SMILES string of the molecule is COc1cc(=C2N=c3ccccc3=C2I)[nH]c1=Cc1[nH]c(C)c(I)c1C. The highest BCUT2D eigenvalue weighted by molar-refractivity contribution is 14.1. The highest BCUT2D eigenvalue weighted by Gasteiger charge is 2.13. The predicted octanol–water partition coefficient (Wildman–Crippen LogP) is 2.39. The standard InChI is InChI=1S/C20H17I2N3O/c1-10-14(23-11(2)18(10)21)8-15-17(26-3)9-16(24-15)20-19(22)12-6-4-5-7-13(12)25-20/h4-9,23-24H,1-3H3. The second-order valence-corrected chi connectivity index (χ2v) is 8.36. The molecule has 0 amide bonds. The van der Waals surface area contributed by atoms with Crippen LogP contribution >= 0.6 is 45.2 Å². The number of aryl methyl sites for hydroxylation is 1. The van der Waals surface area contributed by atoms with Crippen LogP contribution in [0.2, 0.25) is 0 Å². The first kappa shape index (κ1) is 17.8. The zero-order valence-electron chi connectivity index (χ0n) is 14.6. The molecule has 1 aromatic carbocycles. The van der Waals surface area contributed by atoms with E-state index in [1.807, 2.05) is 24.3 Å². The van der Waals surface area contributed by atoms with Gasteiger partial charge in [-0.1, -0.05) is 18.2 Å². The number of aromatic amines is 2. The van der Waals surface area contributed by atoms with Gasteiger partial charge in [0.05, 0.1) is 26.7 Å². The number of para-hydroxylation sites is 1. The summed E-state index contributed by atoms with van der Waals surface area (Å²) in [6.07, 6.45) is 2.10. The van der Waals surface area contributed by atoms with Gasteiger partial charge in [0.15, 0.2) is 0 Å². The van der Waals surface area contributed by atoms with Crippen LogP contribution in [0.5, 0.6) is 5.75 Å². The minimum absolute atomic E-state index is 0.810. The molecule has 0 saturated heterocycles. The second kappa shape index (κ2) is 6.88. The molecule has 4 rings (SSSR count). The van der Waals surface area contributed by atoms with E-state index in [1.54, 1.807) is 7.11 Å². The first-order valence-electron chi connectivity index (χ1n) is 8.17. The van der Waals surface area contributed by atoms with E-state index >= 15 is 0 Å². The Morgan fingerprint density at radius 3 is 2.54 bits per heavy atom. The third kappa shape index (κ3) is 2.92. The largest absolute Gasteiger partial charge is 0.494 e. The minimum atomic E-state index is 0.810. The van der Waals surface area contributed by atoms with Gasteiger partial charge in [-0.15, -0.1) is 0 Å². The van der Waals surface area contributed by atoms with Crippen molar-refractivity contribution in [3.8, 4) is 5.75 Å². The molecule has 26 heavy (non-hydrogen) atoms. The Morgan fingerprint density at radius 2 is 1.88 bits per heavy atom. The zero-order chi connectivity index (χ0) is 18.4. The van der Waals surface area contributed by atoms with Crippen LogP contribution in [0.25, 0.3) is 15.4 Å². The van der Waals surface area contributed by atoms with E-state index in [4.69, 9.17) is 9.73 Å². The number of fused-ring (bicyclic) bond motifs is 1. The molecule has 132 valence electrons. The Labute approximate surface area is 178 Å². The second-order valence-electron chi connectivity index (χ2n) is 6.20. The van der Waals surface area contributed by atoms with Crippen LogP contribution in [0, 0.1) is 17.4 Å². The summed E-state index contributed by atoms with van der Waals surface area (Å²) in [7, 11) is 1.70. The Hall–Kier alpha value is -1.55. The van der Waals surface area contributed by atoms with Gasteiger partial charge in [0.2, 0.25) is 0 Å². The number of hydrogen-bond acceptors (Lipinski definition) is 2. The Morgan fingerprint density at radius 1 is 1.12 bits per heavy atom. The number of nitrogens with one attached hydrogen (secondary N) is 2. The summed E-state index contributed by atoms with van der Waals surface area (Å²) in [4.78, 5) is 11.7. The van der Waals surface area contributed by atoms with Crippen molar-refractivity contribution in [1.29, 1.82) is 0 Å². The fourth-order valence-corrected chi connectivity index (χ4v) is 4.42. The number of nitrogens with zero attached hydrogens (tertiary/aromatic N) is 1. The smallest absolute Gasteiger partial charge is 0.144 e. The number of methoxy groups -OCH3 is 1. The fourth-order valence-electron chi connectivity index (χ4n) is 3.13. The van der Waals surface area contributed by atoms with Gasteiger partial charge in [0, 0.05) is 26.2 Å². The van der Waals surface area contributed by atoms with Crippen LogP contribution in [0.15, 0.2) is 35.3 Å². The molecule has 6 heteroatoms. The lowest BCUT2D eigenvalue weighted by atomic mass is 10.2.